The van der Waals surface area contributed by atoms with Gasteiger partial charge in [0.05, 0.1) is 23.9 Å². The van der Waals surface area contributed by atoms with E-state index in [9.17, 15) is 9.90 Å². The van der Waals surface area contributed by atoms with E-state index in [4.69, 9.17) is 27.9 Å². The third-order valence-electron chi connectivity index (χ3n) is 2.76. The van der Waals surface area contributed by atoms with E-state index in [2.05, 4.69) is 10.5 Å². The number of rotatable bonds is 4. The molecular formula is C15H12Cl2N2O3. The number of carbonyl (C=O) groups is 1. The van der Waals surface area contributed by atoms with Crippen LogP contribution in [0.4, 0.5) is 0 Å². The summed E-state index contributed by atoms with van der Waals surface area (Å²) in [6.45, 7) is 0. The van der Waals surface area contributed by atoms with Crippen LogP contribution in [-0.4, -0.2) is 24.3 Å². The fourth-order valence-corrected chi connectivity index (χ4v) is 2.36. The van der Waals surface area contributed by atoms with Gasteiger partial charge in [-0.1, -0.05) is 35.3 Å². The Morgan fingerprint density at radius 3 is 2.73 bits per heavy atom. The molecule has 2 N–H and O–H groups in total. The second-order valence-corrected chi connectivity index (χ2v) is 5.07. The van der Waals surface area contributed by atoms with E-state index in [1.807, 2.05) is 0 Å². The van der Waals surface area contributed by atoms with E-state index < -0.39 is 5.91 Å². The Hall–Kier alpha value is -2.24. The van der Waals surface area contributed by atoms with Crippen LogP contribution in [0.3, 0.4) is 0 Å². The summed E-state index contributed by atoms with van der Waals surface area (Å²) in [6.07, 6.45) is 1.36. The molecule has 0 heterocycles. The minimum atomic E-state index is -0.540. The Kier molecular flexibility index (Phi) is 5.25. The van der Waals surface area contributed by atoms with Gasteiger partial charge in [0.15, 0.2) is 0 Å². The van der Waals surface area contributed by atoms with Crippen LogP contribution in [0.15, 0.2) is 41.5 Å². The maximum Gasteiger partial charge on any atom is 0.275 e. The van der Waals surface area contributed by atoms with Gasteiger partial charge in [0.25, 0.3) is 5.91 Å². The smallest absolute Gasteiger partial charge is 0.275 e. The summed E-state index contributed by atoms with van der Waals surface area (Å²) < 4.78 is 5.16. The van der Waals surface area contributed by atoms with Crippen molar-refractivity contribution in [2.75, 3.05) is 7.11 Å². The number of phenols is 1. The van der Waals surface area contributed by atoms with Crippen LogP contribution in [-0.2, 0) is 0 Å². The lowest BCUT2D eigenvalue weighted by atomic mass is 10.2. The number of phenolic OH excluding ortho intramolecular Hbond substituents is 1. The molecule has 7 heteroatoms. The Balaban J connectivity index is 2.17. The zero-order chi connectivity index (χ0) is 16.1. The fraction of sp³-hybridized carbons (Fsp3) is 0.0667. The molecule has 0 radical (unpaired) electrons. The van der Waals surface area contributed by atoms with Crippen molar-refractivity contribution in [2.45, 2.75) is 0 Å². The molecule has 22 heavy (non-hydrogen) atoms. The summed E-state index contributed by atoms with van der Waals surface area (Å²) in [7, 11) is 1.47. The summed E-state index contributed by atoms with van der Waals surface area (Å²) in [4.78, 5) is 11.9. The quantitative estimate of drug-likeness (QED) is 0.662. The first kappa shape index (κ1) is 16.1. The van der Waals surface area contributed by atoms with Crippen LogP contribution in [0.2, 0.25) is 10.0 Å². The number of halogens is 2. The molecule has 0 aliphatic carbocycles. The third-order valence-corrected chi connectivity index (χ3v) is 3.26. The van der Waals surface area contributed by atoms with Crippen molar-refractivity contribution in [1.29, 1.82) is 0 Å². The topological polar surface area (TPSA) is 70.9 Å². The second kappa shape index (κ2) is 7.15. The number of aromatic hydroxyl groups is 1. The van der Waals surface area contributed by atoms with Crippen LogP contribution >= 0.6 is 23.2 Å². The summed E-state index contributed by atoms with van der Waals surface area (Å²) in [5.74, 6) is -0.272. The van der Waals surface area contributed by atoms with Crippen molar-refractivity contribution in [3.8, 4) is 11.5 Å². The van der Waals surface area contributed by atoms with Crippen LogP contribution in [0.5, 0.6) is 11.5 Å². The minimum absolute atomic E-state index is 0.121. The van der Waals surface area contributed by atoms with Gasteiger partial charge in [0, 0.05) is 10.6 Å². The number of nitrogens with zero attached hydrogens (tertiary/aromatic N) is 1. The van der Waals surface area contributed by atoms with Gasteiger partial charge in [-0.05, 0) is 24.3 Å². The Morgan fingerprint density at radius 1 is 1.32 bits per heavy atom. The molecule has 0 fully saturated rings. The highest BCUT2D eigenvalue weighted by molar-refractivity contribution is 6.36. The number of amides is 1. The predicted molar refractivity (Wildman–Crippen MR) is 86.2 cm³/mol. The van der Waals surface area contributed by atoms with Crippen molar-refractivity contribution in [3.05, 3.63) is 57.6 Å². The SMILES string of the molecule is COc1c(Cl)cc(Cl)cc1C=NNC(=O)c1ccccc1O. The molecule has 114 valence electrons. The molecule has 0 atom stereocenters. The fourth-order valence-electron chi connectivity index (χ4n) is 1.78. The molecular weight excluding hydrogens is 327 g/mol. The standard InChI is InChI=1S/C15H12Cl2N2O3/c1-22-14-9(6-10(16)7-12(14)17)8-18-19-15(21)11-4-2-3-5-13(11)20/h2-8,20H,1H3,(H,19,21). The highest BCUT2D eigenvalue weighted by atomic mass is 35.5. The summed E-state index contributed by atoms with van der Waals surface area (Å²) in [5, 5.41) is 14.2. The molecule has 2 aromatic carbocycles. The molecule has 2 aromatic rings. The monoisotopic (exact) mass is 338 g/mol. The van der Waals surface area contributed by atoms with Crippen molar-refractivity contribution < 1.29 is 14.6 Å². The van der Waals surface area contributed by atoms with Crippen LogP contribution in [0.1, 0.15) is 15.9 Å². The van der Waals surface area contributed by atoms with Gasteiger partial charge < -0.3 is 9.84 Å². The molecule has 2 rings (SSSR count). The summed E-state index contributed by atoms with van der Waals surface area (Å²) in [5.41, 5.74) is 2.94. The molecule has 0 saturated heterocycles. The number of hydrazone groups is 1. The molecule has 0 bridgehead atoms. The van der Waals surface area contributed by atoms with Crippen LogP contribution in [0.25, 0.3) is 0 Å². The predicted octanol–water partition coefficient (Wildman–Crippen LogP) is 3.47. The van der Waals surface area contributed by atoms with E-state index in [1.54, 1.807) is 24.3 Å². The van der Waals surface area contributed by atoms with Crippen molar-refractivity contribution >= 4 is 35.3 Å². The van der Waals surface area contributed by atoms with Gasteiger partial charge in [-0.2, -0.15) is 5.10 Å². The zero-order valence-corrected chi connectivity index (χ0v) is 13.0. The molecule has 0 unspecified atom stereocenters. The average Bonchev–Trinajstić information content (AvgIpc) is 2.47. The number of para-hydroxylation sites is 1. The van der Waals surface area contributed by atoms with Gasteiger partial charge in [-0.15, -0.1) is 0 Å². The number of nitrogens with one attached hydrogen (secondary N) is 1. The second-order valence-electron chi connectivity index (χ2n) is 4.23. The minimum Gasteiger partial charge on any atom is -0.507 e. The maximum atomic E-state index is 11.9. The molecule has 0 aliphatic heterocycles. The van der Waals surface area contributed by atoms with Gasteiger partial charge in [-0.25, -0.2) is 5.43 Å². The van der Waals surface area contributed by atoms with Crippen molar-refractivity contribution in [2.24, 2.45) is 5.10 Å². The molecule has 0 saturated carbocycles. The van der Waals surface area contributed by atoms with Gasteiger partial charge in [0.1, 0.15) is 11.5 Å². The van der Waals surface area contributed by atoms with Crippen LogP contribution < -0.4 is 10.2 Å². The van der Waals surface area contributed by atoms with E-state index in [0.29, 0.717) is 21.4 Å². The van der Waals surface area contributed by atoms with Gasteiger partial charge >= 0.3 is 0 Å². The lowest BCUT2D eigenvalue weighted by Gasteiger charge is -2.07. The number of benzene rings is 2. The number of methoxy groups -OCH3 is 1. The first-order chi connectivity index (χ1) is 10.5. The normalized spacial score (nSPS) is 10.7. The highest BCUT2D eigenvalue weighted by Gasteiger charge is 2.10. The summed E-state index contributed by atoms with van der Waals surface area (Å²) >= 11 is 11.9. The lowest BCUT2D eigenvalue weighted by molar-refractivity contribution is 0.0952. The summed E-state index contributed by atoms with van der Waals surface area (Å²) in [6, 6.07) is 9.30. The highest BCUT2D eigenvalue weighted by Crippen LogP contribution is 2.31. The van der Waals surface area contributed by atoms with E-state index in [0.717, 1.165) is 0 Å². The molecule has 0 aromatic heterocycles. The van der Waals surface area contributed by atoms with Gasteiger partial charge in [-0.3, -0.25) is 4.79 Å². The number of hydrogen-bond acceptors (Lipinski definition) is 4. The number of carbonyl (C=O) groups excluding carboxylic acids is 1. The third kappa shape index (κ3) is 3.69. The molecule has 0 spiro atoms. The lowest BCUT2D eigenvalue weighted by Crippen LogP contribution is -2.17. The van der Waals surface area contributed by atoms with Crippen LogP contribution in [0, 0.1) is 0 Å². The van der Waals surface area contributed by atoms with Crippen molar-refractivity contribution in [3.63, 3.8) is 0 Å². The average molecular weight is 339 g/mol. The Bertz CT molecular complexity index is 733. The van der Waals surface area contributed by atoms with Crippen molar-refractivity contribution in [1.82, 2.24) is 5.43 Å². The Morgan fingerprint density at radius 2 is 2.05 bits per heavy atom. The molecule has 1 amide bonds. The first-order valence-electron chi connectivity index (χ1n) is 6.17. The van der Waals surface area contributed by atoms with E-state index >= 15 is 0 Å². The maximum absolute atomic E-state index is 11.9. The number of hydrogen-bond donors (Lipinski definition) is 2. The largest absolute Gasteiger partial charge is 0.507 e. The molecule has 0 aliphatic rings. The first-order valence-corrected chi connectivity index (χ1v) is 6.93. The van der Waals surface area contributed by atoms with Gasteiger partial charge in [0.2, 0.25) is 0 Å². The van der Waals surface area contributed by atoms with E-state index in [-0.39, 0.29) is 11.3 Å². The Labute approximate surface area is 137 Å². The molecule has 5 nitrogen and oxygen atoms in total. The zero-order valence-electron chi connectivity index (χ0n) is 11.5. The number of ether oxygens (including phenoxy) is 1. The van der Waals surface area contributed by atoms with E-state index in [1.165, 1.54) is 25.5 Å².